The number of sulfonamides is 1. The van der Waals surface area contributed by atoms with Gasteiger partial charge >= 0.3 is 0 Å². The first-order valence-electron chi connectivity index (χ1n) is 17.1. The molecule has 9 nitrogen and oxygen atoms in total. The second-order valence-electron chi connectivity index (χ2n) is 5.94. The van der Waals surface area contributed by atoms with E-state index in [4.69, 9.17) is 29.9 Å². The van der Waals surface area contributed by atoms with Crippen LogP contribution >= 0.6 is 0 Å². The van der Waals surface area contributed by atoms with E-state index in [9.17, 15) is 8.42 Å². The van der Waals surface area contributed by atoms with E-state index in [-0.39, 0.29) is 9.99 Å². The van der Waals surface area contributed by atoms with Crippen molar-refractivity contribution in [2.24, 2.45) is 12.1 Å². The molecule has 0 atom stereocenters. The summed E-state index contributed by atoms with van der Waals surface area (Å²) in [5.41, 5.74) is -4.45. The Hall–Kier alpha value is -3.50. The van der Waals surface area contributed by atoms with Crippen LogP contribution in [0.2, 0.25) is 1.41 Å². The van der Waals surface area contributed by atoms with Gasteiger partial charge in [-0.1, -0.05) is 6.04 Å². The largest absolute Gasteiger partial charge is 0.329 e. The summed E-state index contributed by atoms with van der Waals surface area (Å²) in [7, 11) is -3.98. The molecule has 10 heteroatoms. The zero-order valence-electron chi connectivity index (χ0n) is 33.5. The van der Waals surface area contributed by atoms with Gasteiger partial charge in [-0.25, -0.2) is 18.5 Å². The van der Waals surface area contributed by atoms with Gasteiger partial charge in [0.1, 0.15) is 5.82 Å². The van der Waals surface area contributed by atoms with Crippen molar-refractivity contribution >= 4 is 44.1 Å². The number of benzene rings is 2. The minimum atomic E-state index is -5.06. The molecule has 31 heavy (non-hydrogen) atoms. The molecule has 2 aromatic carbocycles. The quantitative estimate of drug-likeness (QED) is 0.474. The van der Waals surface area contributed by atoms with Gasteiger partial charge in [0.05, 0.1) is 21.4 Å². The molecule has 0 aliphatic carbocycles. The van der Waals surface area contributed by atoms with Gasteiger partial charge in [-0.3, -0.25) is 4.68 Å². The number of hydrogen-bond acceptors (Lipinski definition) is 7. The van der Waals surface area contributed by atoms with E-state index in [1.165, 1.54) is 0 Å². The number of fused-ring (bicyclic) bond motifs is 1. The van der Waals surface area contributed by atoms with Gasteiger partial charge in [0.15, 0.2) is 1.41 Å². The first kappa shape index (κ1) is 8.21. The molecule has 0 aliphatic rings. The smallest absolute Gasteiger partial charge is 0.238 e. The van der Waals surface area contributed by atoms with Gasteiger partial charge in [-0.05, 0) is 55.5 Å². The van der Waals surface area contributed by atoms with Crippen LogP contribution in [0.4, 0.5) is 23.1 Å². The van der Waals surface area contributed by atoms with Gasteiger partial charge in [-0.2, -0.15) is 10.1 Å². The van der Waals surface area contributed by atoms with Crippen molar-refractivity contribution in [3.05, 3.63) is 59.7 Å². The van der Waals surface area contributed by atoms with Crippen LogP contribution in [0.5, 0.6) is 0 Å². The lowest BCUT2D eigenvalue weighted by atomic mass is 10.2. The fourth-order valence-electron chi connectivity index (χ4n) is 2.40. The second kappa shape index (κ2) is 7.64. The summed E-state index contributed by atoms with van der Waals surface area (Å²) in [6, 6.07) is -7.00. The number of aryl methyl sites for hydroxylation is 2. The maximum absolute atomic E-state index is 12.4. The molecule has 0 spiro atoms. The zero-order valence-corrected chi connectivity index (χ0v) is 16.3. The monoisotopic (exact) mass is 455 g/mol. The molecule has 0 unspecified atom stereocenters. The zero-order chi connectivity index (χ0) is 37.7. The second-order valence-corrected chi connectivity index (χ2v) is 7.43. The maximum atomic E-state index is 12.4. The van der Waals surface area contributed by atoms with Crippen LogP contribution in [0.25, 0.3) is 10.9 Å². The van der Waals surface area contributed by atoms with Crippen molar-refractivity contribution in [3.63, 3.8) is 0 Å². The first-order valence-corrected chi connectivity index (χ1v) is 9.68. The fraction of sp³-hybridized carbons (Fsp3) is 0.190. The Morgan fingerprint density at radius 2 is 2.10 bits per heavy atom. The first-order chi connectivity index (χ1) is 22.0. The van der Waals surface area contributed by atoms with Crippen molar-refractivity contribution < 1.29 is 33.1 Å². The van der Waals surface area contributed by atoms with E-state index in [1.807, 2.05) is 0 Å². The lowest BCUT2D eigenvalue weighted by Gasteiger charge is -2.19. The van der Waals surface area contributed by atoms with Crippen molar-refractivity contribution in [1.29, 1.82) is 0 Å². The topological polar surface area (TPSA) is 119 Å². The van der Waals surface area contributed by atoms with Crippen molar-refractivity contribution in [1.82, 2.24) is 19.7 Å². The average molecular weight is 456 g/mol. The Labute approximate surface area is 205 Å². The van der Waals surface area contributed by atoms with Crippen LogP contribution in [-0.4, -0.2) is 35.2 Å². The van der Waals surface area contributed by atoms with Crippen LogP contribution < -0.4 is 15.3 Å². The Bertz CT molecular complexity index is 2140. The summed E-state index contributed by atoms with van der Waals surface area (Å²) in [5, 5.41) is 8.30. The highest BCUT2D eigenvalue weighted by atomic mass is 32.2. The third kappa shape index (κ3) is 4.07. The van der Waals surface area contributed by atoms with E-state index in [0.29, 0.717) is 0 Å². The molecule has 0 radical (unpaired) electrons. The SMILES string of the molecule is [2H]c1nc(N([2H])c2c([2H])c([2H])c(C([2H])([2H])[2H])c(S(N)(=O)=O)c2[2H])nc(N(C)c2c([2H])c([2H])c3c(C([2H])([2H])[2H])n(C([2H])([2H])[2H])nc3c2[2H])c1[2H]. The summed E-state index contributed by atoms with van der Waals surface area (Å²) < 4.78 is 170. The molecule has 2 aromatic heterocycles. The van der Waals surface area contributed by atoms with Gasteiger partial charge in [0.25, 0.3) is 0 Å². The van der Waals surface area contributed by atoms with E-state index in [0.717, 1.165) is 11.9 Å². The maximum Gasteiger partial charge on any atom is 0.238 e. The van der Waals surface area contributed by atoms with E-state index >= 15 is 0 Å². The number of primary sulfonamides is 1. The lowest BCUT2D eigenvalue weighted by molar-refractivity contribution is 0.597. The molecule has 0 bridgehead atoms. The van der Waals surface area contributed by atoms with E-state index < -0.39 is 129 Å². The number of hydrogen-bond donors (Lipinski definition) is 2. The normalized spacial score (nSPS) is 21.2. The molecule has 3 N–H and O–H groups in total. The summed E-state index contributed by atoms with van der Waals surface area (Å²) in [6.45, 7) is -9.68. The standard InChI is InChI=1S/C21H23N7O2S/c1-13-5-6-15(11-19(13)31(22,29)30)24-21-23-10-9-20(25-21)27(3)16-7-8-17-14(2)28(4)26-18(17)12-16/h5-12H,1-4H3,(H2,22,29,30)(H,23,24,25)/i1D3,2D3,4D3,5D,6D,7D,8D,9D,10D,11D,12D/hD. The van der Waals surface area contributed by atoms with Gasteiger partial charge < -0.3 is 10.2 Å². The molecular formula is C21H23N7O2S. The van der Waals surface area contributed by atoms with E-state index in [1.54, 1.807) is 0 Å². The summed E-state index contributed by atoms with van der Waals surface area (Å²) in [4.78, 5) is 6.98. The van der Waals surface area contributed by atoms with Gasteiger partial charge in [-0.15, -0.1) is 0 Å². The third-order valence-corrected chi connectivity index (χ3v) is 4.75. The molecule has 2 heterocycles. The highest BCUT2D eigenvalue weighted by Crippen LogP contribution is 2.28. The molecule has 0 aliphatic heterocycles. The minimum absolute atomic E-state index is 0.0123. The highest BCUT2D eigenvalue weighted by Gasteiger charge is 2.14. The molecule has 4 rings (SSSR count). The van der Waals surface area contributed by atoms with Crippen molar-refractivity contribution in [2.45, 2.75) is 18.6 Å². The molecule has 4 aromatic rings. The minimum Gasteiger partial charge on any atom is -0.329 e. The van der Waals surface area contributed by atoms with Crippen molar-refractivity contribution in [3.8, 4) is 0 Å². The lowest BCUT2D eigenvalue weighted by Crippen LogP contribution is -2.14. The Morgan fingerprint density at radius 3 is 2.84 bits per heavy atom. The summed E-state index contributed by atoms with van der Waals surface area (Å²) in [5.74, 6) is -1.62. The Morgan fingerprint density at radius 1 is 1.23 bits per heavy atom. The number of aromatic nitrogens is 4. The van der Waals surface area contributed by atoms with Crippen LogP contribution in [-0.2, 0) is 17.0 Å². The average Bonchev–Trinajstić information content (AvgIpc) is 3.36. The number of rotatable bonds is 5. The number of anilines is 4. The third-order valence-electron chi connectivity index (χ3n) is 3.87. The highest BCUT2D eigenvalue weighted by molar-refractivity contribution is 7.89. The van der Waals surface area contributed by atoms with Gasteiger partial charge in [0, 0.05) is 55.0 Å². The van der Waals surface area contributed by atoms with Crippen molar-refractivity contribution in [2.75, 3.05) is 17.3 Å². The van der Waals surface area contributed by atoms with Gasteiger partial charge in [0.2, 0.25) is 16.0 Å². The molecule has 0 amide bonds. The predicted octanol–water partition coefficient (Wildman–Crippen LogP) is 3.14. The Balaban J connectivity index is 2.01. The van der Waals surface area contributed by atoms with Crippen LogP contribution in [0, 0.1) is 13.7 Å². The molecule has 0 saturated heterocycles. The fourth-order valence-corrected chi connectivity index (χ4v) is 2.97. The molecule has 0 saturated carbocycles. The number of nitrogens with two attached hydrogens (primary N) is 1. The van der Waals surface area contributed by atoms with Crippen LogP contribution in [0.1, 0.15) is 34.6 Å². The summed E-state index contributed by atoms with van der Waals surface area (Å²) in [6.07, 6.45) is -0.944. The molecule has 160 valence electrons. The number of nitrogens with zero attached hydrogens (tertiary/aromatic N) is 5. The molecular weight excluding hydrogens is 414 g/mol. The van der Waals surface area contributed by atoms with E-state index in [2.05, 4.69) is 15.1 Å². The molecule has 0 fully saturated rings. The van der Waals surface area contributed by atoms with Crippen LogP contribution in [0.15, 0.2) is 53.4 Å². The summed E-state index contributed by atoms with van der Waals surface area (Å²) >= 11 is 0. The predicted molar refractivity (Wildman–Crippen MR) is 121 cm³/mol. The Kier molecular flexibility index (Phi) is 2.02. The number of nitrogens with one attached hydrogen (secondary N) is 1. The van der Waals surface area contributed by atoms with Crippen LogP contribution in [0.3, 0.4) is 0 Å².